The van der Waals surface area contributed by atoms with Crippen LogP contribution in [0, 0.1) is 14.4 Å². The smallest absolute Gasteiger partial charge is 0.409 e. The molecule has 0 bridgehead atoms. The number of carbonyl (C=O) groups excluding carboxylic acids is 1. The first kappa shape index (κ1) is 35.2. The second-order valence-corrected chi connectivity index (χ2v) is 9.03. The first-order valence-electron chi connectivity index (χ1n) is 13.4. The third-order valence-electron chi connectivity index (χ3n) is 6.87. The maximum absolute atomic E-state index is 13.1. The Morgan fingerprint density at radius 3 is 2.12 bits per heavy atom. The van der Waals surface area contributed by atoms with E-state index in [1.807, 2.05) is 38.2 Å². The van der Waals surface area contributed by atoms with Crippen molar-refractivity contribution in [3.05, 3.63) is 72.0 Å². The summed E-state index contributed by atoms with van der Waals surface area (Å²) in [6.45, 7) is 11.9. The SMILES string of the molecule is CC.CO.Cc1ccccc1N1CCN(c2cc3ccn(CCCN4CCOC4=O)c(=O)c3cc2N)CC1.[CH3-].[Cd]. The molecule has 216 valence electrons. The van der Waals surface area contributed by atoms with Gasteiger partial charge in [0.05, 0.1) is 17.9 Å². The van der Waals surface area contributed by atoms with Crippen molar-refractivity contribution in [3.8, 4) is 0 Å². The molecule has 1 amide bonds. The second-order valence-electron chi connectivity index (χ2n) is 9.03. The molecule has 1 aromatic heterocycles. The van der Waals surface area contributed by atoms with E-state index in [4.69, 9.17) is 15.6 Å². The Kier molecular flexibility index (Phi) is 15.1. The number of aryl methyl sites for hydroxylation is 2. The quantitative estimate of drug-likeness (QED) is 0.235. The molecule has 2 saturated heterocycles. The molecule has 3 aromatic rings. The number of hydrogen-bond donors (Lipinski definition) is 2. The van der Waals surface area contributed by atoms with Crippen molar-refractivity contribution in [3.63, 3.8) is 0 Å². The van der Waals surface area contributed by atoms with Crippen LogP contribution in [0.1, 0.15) is 25.8 Å². The Labute approximate surface area is 258 Å². The fraction of sp³-hybridized carbons (Fsp3) is 0.433. The number of fused-ring (bicyclic) bond motifs is 1. The summed E-state index contributed by atoms with van der Waals surface area (Å²) in [6, 6.07) is 14.3. The van der Waals surface area contributed by atoms with Gasteiger partial charge >= 0.3 is 6.09 Å². The summed E-state index contributed by atoms with van der Waals surface area (Å²) < 4.78 is 6.65. The predicted molar refractivity (Wildman–Crippen MR) is 162 cm³/mol. The molecule has 2 aliphatic heterocycles. The molecule has 0 atom stereocenters. The topological polar surface area (TPSA) is 104 Å². The van der Waals surface area contributed by atoms with Crippen LogP contribution in [0.3, 0.4) is 0 Å². The molecular formula is C30H44CdN5O4-. The zero-order chi connectivity index (χ0) is 27.7. The van der Waals surface area contributed by atoms with Gasteiger partial charge in [-0.05, 0) is 48.6 Å². The number of para-hydroxylation sites is 1. The van der Waals surface area contributed by atoms with Crippen LogP contribution in [0.2, 0.25) is 0 Å². The Hall–Kier alpha value is -2.80. The number of pyridine rings is 1. The molecule has 0 unspecified atom stereocenters. The van der Waals surface area contributed by atoms with Crippen LogP contribution in [0.25, 0.3) is 10.8 Å². The van der Waals surface area contributed by atoms with Gasteiger partial charge in [0, 0.05) is 90.9 Å². The van der Waals surface area contributed by atoms with E-state index in [0.717, 1.165) is 44.4 Å². The van der Waals surface area contributed by atoms with Crippen LogP contribution in [-0.2, 0) is 38.6 Å². The molecule has 0 aliphatic carbocycles. The van der Waals surface area contributed by atoms with Gasteiger partial charge in [-0.3, -0.25) is 4.79 Å². The van der Waals surface area contributed by atoms with E-state index in [1.165, 1.54) is 11.3 Å². The van der Waals surface area contributed by atoms with Gasteiger partial charge in [0.2, 0.25) is 0 Å². The molecule has 0 spiro atoms. The fourth-order valence-corrected chi connectivity index (χ4v) is 4.95. The van der Waals surface area contributed by atoms with E-state index in [1.54, 1.807) is 9.47 Å². The number of piperazine rings is 1. The molecule has 2 aliphatic rings. The van der Waals surface area contributed by atoms with E-state index in [0.29, 0.717) is 43.7 Å². The molecule has 2 fully saturated rings. The number of ether oxygens (including phenoxy) is 1. The molecule has 3 N–H and O–H groups in total. The average Bonchev–Trinajstić information content (AvgIpc) is 3.37. The van der Waals surface area contributed by atoms with E-state index < -0.39 is 0 Å². The van der Waals surface area contributed by atoms with Gasteiger partial charge in [0.25, 0.3) is 5.56 Å². The van der Waals surface area contributed by atoms with Crippen LogP contribution in [0.15, 0.2) is 53.5 Å². The summed E-state index contributed by atoms with van der Waals surface area (Å²) in [5, 5.41) is 8.53. The van der Waals surface area contributed by atoms with Gasteiger partial charge in [-0.25, -0.2) is 4.79 Å². The number of rotatable bonds is 6. The number of hydrogen-bond acceptors (Lipinski definition) is 7. The summed E-state index contributed by atoms with van der Waals surface area (Å²) in [4.78, 5) is 31.1. The molecule has 0 saturated carbocycles. The largest absolute Gasteiger partial charge is 0.448 e. The molecular weight excluding hydrogens is 607 g/mol. The number of anilines is 3. The number of aromatic nitrogens is 1. The number of aliphatic hydroxyl groups excluding tert-OH is 1. The minimum atomic E-state index is -0.272. The summed E-state index contributed by atoms with van der Waals surface area (Å²) in [5.41, 5.74) is 10.6. The minimum Gasteiger partial charge on any atom is -0.448 e. The number of carbonyl (C=O) groups is 1. The van der Waals surface area contributed by atoms with E-state index in [-0.39, 0.29) is 46.4 Å². The van der Waals surface area contributed by atoms with Crippen molar-refractivity contribution in [2.75, 3.05) is 68.5 Å². The van der Waals surface area contributed by atoms with Gasteiger partial charge in [0.15, 0.2) is 0 Å². The van der Waals surface area contributed by atoms with Crippen LogP contribution in [0.4, 0.5) is 21.9 Å². The monoisotopic (exact) mass is 652 g/mol. The predicted octanol–water partition coefficient (Wildman–Crippen LogP) is 4.14. The van der Waals surface area contributed by atoms with Crippen molar-refractivity contribution < 1.29 is 41.9 Å². The zero-order valence-electron chi connectivity index (χ0n) is 24.7. The number of nitrogens with two attached hydrogens (primary N) is 1. The Bertz CT molecular complexity index is 1270. The normalized spacial score (nSPS) is 14.2. The number of cyclic esters (lactones) is 1. The second kappa shape index (κ2) is 17.1. The number of nitrogen functional groups attached to an aromatic ring is 1. The van der Waals surface area contributed by atoms with Crippen LogP contribution < -0.4 is 21.1 Å². The van der Waals surface area contributed by atoms with Gasteiger partial charge in [-0.2, -0.15) is 0 Å². The maximum Gasteiger partial charge on any atom is 0.409 e. The summed E-state index contributed by atoms with van der Waals surface area (Å²) in [5.74, 6) is 0. The number of benzene rings is 2. The van der Waals surface area contributed by atoms with Gasteiger partial charge < -0.3 is 42.3 Å². The molecule has 3 heterocycles. The van der Waals surface area contributed by atoms with Crippen molar-refractivity contribution >= 4 is 33.9 Å². The Morgan fingerprint density at radius 1 is 0.900 bits per heavy atom. The molecule has 10 heteroatoms. The number of aliphatic hydroxyl groups is 1. The van der Waals surface area contributed by atoms with Crippen LogP contribution >= 0.6 is 0 Å². The molecule has 9 nitrogen and oxygen atoms in total. The van der Waals surface area contributed by atoms with Crippen LogP contribution in [0.5, 0.6) is 0 Å². The van der Waals surface area contributed by atoms with E-state index in [2.05, 4.69) is 41.0 Å². The van der Waals surface area contributed by atoms with Crippen LogP contribution in [-0.4, -0.2) is 73.7 Å². The minimum absolute atomic E-state index is 0. The standard InChI is InChI=1S/C26H31N5O3.C2H6.CH4O.CH3.Cd/c1-19-5-2-3-6-23(19)28-11-13-29(14-12-28)24-17-20-7-10-30(25(32)21(20)18-22(24)27)8-4-9-31-15-16-34-26(31)33;2*1-2;;/h2-3,5-7,10,17-18H,4,8-9,11-16,27H2,1H3;1-2H3;2H,1H3;1H3;/q;;;-1;. The summed E-state index contributed by atoms with van der Waals surface area (Å²) >= 11 is 0. The zero-order valence-corrected chi connectivity index (χ0v) is 28.8. The summed E-state index contributed by atoms with van der Waals surface area (Å²) in [7, 11) is 1.00. The van der Waals surface area contributed by atoms with Gasteiger partial charge in [-0.15, -0.1) is 0 Å². The Balaban J connectivity index is 0.00000128. The van der Waals surface area contributed by atoms with Crippen molar-refractivity contribution in [2.45, 2.75) is 33.7 Å². The number of amides is 1. The first-order chi connectivity index (χ1) is 18.5. The third-order valence-corrected chi connectivity index (χ3v) is 6.87. The van der Waals surface area contributed by atoms with Gasteiger partial charge in [0.1, 0.15) is 6.61 Å². The molecule has 40 heavy (non-hydrogen) atoms. The number of nitrogens with zero attached hydrogens (tertiary/aromatic N) is 4. The van der Waals surface area contributed by atoms with Crippen molar-refractivity contribution in [2.24, 2.45) is 0 Å². The fourth-order valence-electron chi connectivity index (χ4n) is 4.95. The third kappa shape index (κ3) is 8.12. The van der Waals surface area contributed by atoms with Crippen molar-refractivity contribution in [1.82, 2.24) is 9.47 Å². The molecule has 2 aromatic carbocycles. The Morgan fingerprint density at radius 2 is 1.52 bits per heavy atom. The van der Waals surface area contributed by atoms with E-state index >= 15 is 0 Å². The molecule has 0 radical (unpaired) electrons. The average molecular weight is 651 g/mol. The summed E-state index contributed by atoms with van der Waals surface area (Å²) in [6.07, 6.45) is 2.26. The molecule has 5 rings (SSSR count). The first-order valence-corrected chi connectivity index (χ1v) is 13.4. The maximum atomic E-state index is 13.1. The van der Waals surface area contributed by atoms with Gasteiger partial charge in [-0.1, -0.05) is 32.0 Å². The van der Waals surface area contributed by atoms with E-state index in [9.17, 15) is 9.59 Å². The van der Waals surface area contributed by atoms with Crippen molar-refractivity contribution in [1.29, 1.82) is 0 Å².